The summed E-state index contributed by atoms with van der Waals surface area (Å²) in [6.07, 6.45) is -0.854. The highest BCUT2D eigenvalue weighted by Crippen LogP contribution is 2.22. The van der Waals surface area contributed by atoms with Crippen molar-refractivity contribution in [3.8, 4) is 5.75 Å². The van der Waals surface area contributed by atoms with E-state index in [4.69, 9.17) is 13.7 Å². The van der Waals surface area contributed by atoms with E-state index < -0.39 is 17.6 Å². The highest BCUT2D eigenvalue weighted by atomic mass is 16.5. The molecule has 0 spiro atoms. The second-order valence-corrected chi connectivity index (χ2v) is 6.85. The van der Waals surface area contributed by atoms with E-state index in [0.717, 1.165) is 10.9 Å². The highest BCUT2D eigenvalue weighted by molar-refractivity contribution is 5.89. The van der Waals surface area contributed by atoms with Crippen molar-refractivity contribution in [1.29, 1.82) is 0 Å². The van der Waals surface area contributed by atoms with Crippen LogP contribution in [-0.4, -0.2) is 27.7 Å². The zero-order chi connectivity index (χ0) is 21.8. The van der Waals surface area contributed by atoms with Crippen LogP contribution in [0.4, 0.5) is 0 Å². The van der Waals surface area contributed by atoms with Gasteiger partial charge in [0.1, 0.15) is 11.3 Å². The summed E-state index contributed by atoms with van der Waals surface area (Å²) in [5.41, 5.74) is 1.47. The molecule has 0 radical (unpaired) electrons. The third-order valence-electron chi connectivity index (χ3n) is 4.59. The average Bonchev–Trinajstić information content (AvgIpc) is 3.25. The first kappa shape index (κ1) is 20.3. The molecule has 0 bridgehead atoms. The minimum Gasteiger partial charge on any atom is -0.485 e. The number of aliphatic hydroxyl groups is 1. The molecule has 0 unspecified atom stereocenters. The van der Waals surface area contributed by atoms with Crippen LogP contribution in [0.2, 0.25) is 0 Å². The van der Waals surface area contributed by atoms with Gasteiger partial charge in [0.05, 0.1) is 6.10 Å². The summed E-state index contributed by atoms with van der Waals surface area (Å²) in [5, 5.41) is 17.2. The number of rotatable bonds is 7. The Hall–Kier alpha value is -3.98. The van der Waals surface area contributed by atoms with Gasteiger partial charge in [-0.05, 0) is 30.2 Å². The Kier molecular flexibility index (Phi) is 5.76. The summed E-state index contributed by atoms with van der Waals surface area (Å²) in [6.45, 7) is 1.77. The number of carbonyl (C=O) groups excluding carboxylic acids is 1. The van der Waals surface area contributed by atoms with Crippen LogP contribution in [0.3, 0.4) is 0 Å². The van der Waals surface area contributed by atoms with Gasteiger partial charge in [-0.1, -0.05) is 35.5 Å². The Morgan fingerprint density at radius 1 is 1.19 bits per heavy atom. The van der Waals surface area contributed by atoms with Crippen LogP contribution in [0.5, 0.6) is 5.75 Å². The van der Waals surface area contributed by atoms with Gasteiger partial charge in [0, 0.05) is 24.1 Å². The van der Waals surface area contributed by atoms with E-state index in [1.165, 1.54) is 6.07 Å². The molecule has 0 fully saturated rings. The minimum absolute atomic E-state index is 0.00122. The monoisotopic (exact) mass is 421 g/mol. The van der Waals surface area contributed by atoms with E-state index in [1.807, 2.05) is 13.0 Å². The first-order valence-electron chi connectivity index (χ1n) is 9.51. The van der Waals surface area contributed by atoms with Crippen LogP contribution in [0, 0.1) is 6.92 Å². The van der Waals surface area contributed by atoms with Gasteiger partial charge in [-0.25, -0.2) is 4.79 Å². The van der Waals surface area contributed by atoms with Crippen LogP contribution in [0.1, 0.15) is 33.7 Å². The molecule has 1 atom stereocenters. The molecule has 0 aliphatic carbocycles. The van der Waals surface area contributed by atoms with Crippen molar-refractivity contribution in [2.24, 2.45) is 0 Å². The maximum Gasteiger partial charge on any atom is 0.336 e. The average molecular weight is 421 g/mol. The number of amides is 1. The third kappa shape index (κ3) is 4.78. The molecule has 158 valence electrons. The zero-order valence-electron chi connectivity index (χ0n) is 16.6. The van der Waals surface area contributed by atoms with Gasteiger partial charge in [0.25, 0.3) is 0 Å². The summed E-state index contributed by atoms with van der Waals surface area (Å²) in [6, 6.07) is 15.5. The predicted octanol–water partition coefficient (Wildman–Crippen LogP) is 2.53. The first-order chi connectivity index (χ1) is 15.0. The molecule has 2 aromatic carbocycles. The normalized spacial score (nSPS) is 11.9. The molecule has 2 aromatic heterocycles. The summed E-state index contributed by atoms with van der Waals surface area (Å²) >= 11 is 0. The molecule has 2 N–H and O–H groups in total. The lowest BCUT2D eigenvalue weighted by Gasteiger charge is -2.10. The third-order valence-corrected chi connectivity index (χ3v) is 4.59. The van der Waals surface area contributed by atoms with E-state index >= 15 is 0 Å². The summed E-state index contributed by atoms with van der Waals surface area (Å²) in [5.74, 6) is -0.224. The highest BCUT2D eigenvalue weighted by Gasteiger charge is 2.17. The van der Waals surface area contributed by atoms with Crippen molar-refractivity contribution in [2.45, 2.75) is 19.6 Å². The molecule has 4 rings (SSSR count). The van der Waals surface area contributed by atoms with E-state index in [9.17, 15) is 14.7 Å². The Balaban J connectivity index is 1.35. The number of hydrogen-bond acceptors (Lipinski definition) is 8. The summed E-state index contributed by atoms with van der Waals surface area (Å²) in [4.78, 5) is 27.7. The molecule has 0 aliphatic heterocycles. The maximum atomic E-state index is 12.2. The van der Waals surface area contributed by atoms with E-state index in [1.54, 1.807) is 42.5 Å². The lowest BCUT2D eigenvalue weighted by molar-refractivity contribution is 0.0873. The van der Waals surface area contributed by atoms with Crippen LogP contribution in [-0.2, 0) is 6.61 Å². The van der Waals surface area contributed by atoms with Crippen LogP contribution in [0.25, 0.3) is 11.0 Å². The molecule has 9 nitrogen and oxygen atoms in total. The topological polar surface area (TPSA) is 128 Å². The number of hydrogen-bond donors (Lipinski definition) is 2. The lowest BCUT2D eigenvalue weighted by atomic mass is 10.1. The predicted molar refractivity (Wildman–Crippen MR) is 110 cm³/mol. The molecule has 2 heterocycles. The smallest absolute Gasteiger partial charge is 0.336 e. The van der Waals surface area contributed by atoms with Crippen LogP contribution >= 0.6 is 0 Å². The van der Waals surface area contributed by atoms with Crippen LogP contribution in [0.15, 0.2) is 68.3 Å². The number of aromatic nitrogens is 2. The van der Waals surface area contributed by atoms with Gasteiger partial charge in [-0.3, -0.25) is 4.79 Å². The molecular weight excluding hydrogens is 402 g/mol. The number of aryl methyl sites for hydroxylation is 1. The number of carbonyl (C=O) groups is 1. The maximum absolute atomic E-state index is 12.2. The lowest BCUT2D eigenvalue weighted by Crippen LogP contribution is -2.28. The fourth-order valence-electron chi connectivity index (χ4n) is 3.01. The molecule has 4 aromatic rings. The zero-order valence-corrected chi connectivity index (χ0v) is 16.6. The van der Waals surface area contributed by atoms with Crippen molar-refractivity contribution in [3.63, 3.8) is 0 Å². The number of ether oxygens (including phenoxy) is 1. The Bertz CT molecular complexity index is 1270. The summed E-state index contributed by atoms with van der Waals surface area (Å²) in [7, 11) is 0. The SMILES string of the molecule is Cc1cc(=O)oc2cc(OCc3noc(C(=O)NC[C@H](O)c4ccccc4)n3)ccc12. The number of nitrogens with one attached hydrogen (secondary N) is 1. The number of fused-ring (bicyclic) bond motifs is 1. The Morgan fingerprint density at radius 2 is 2.00 bits per heavy atom. The van der Waals surface area contributed by atoms with Crippen molar-refractivity contribution in [1.82, 2.24) is 15.5 Å². The van der Waals surface area contributed by atoms with Gasteiger partial charge >= 0.3 is 17.4 Å². The second-order valence-electron chi connectivity index (χ2n) is 6.85. The van der Waals surface area contributed by atoms with Gasteiger partial charge < -0.3 is 24.1 Å². The number of nitrogens with zero attached hydrogens (tertiary/aromatic N) is 2. The molecule has 0 aliphatic rings. The molecule has 9 heteroatoms. The Labute approximate surface area is 176 Å². The van der Waals surface area contributed by atoms with E-state index in [0.29, 0.717) is 16.9 Å². The quantitative estimate of drug-likeness (QED) is 0.436. The molecule has 31 heavy (non-hydrogen) atoms. The van der Waals surface area contributed by atoms with Gasteiger partial charge in [0.15, 0.2) is 6.61 Å². The van der Waals surface area contributed by atoms with E-state index in [-0.39, 0.29) is 24.9 Å². The van der Waals surface area contributed by atoms with Crippen molar-refractivity contribution in [2.75, 3.05) is 6.54 Å². The minimum atomic E-state index is -0.854. The van der Waals surface area contributed by atoms with Gasteiger partial charge in [-0.15, -0.1) is 0 Å². The fraction of sp³-hybridized carbons (Fsp3) is 0.182. The largest absolute Gasteiger partial charge is 0.485 e. The second kappa shape index (κ2) is 8.80. The van der Waals surface area contributed by atoms with Crippen molar-refractivity contribution in [3.05, 3.63) is 87.9 Å². The summed E-state index contributed by atoms with van der Waals surface area (Å²) < 4.78 is 15.8. The fourth-order valence-corrected chi connectivity index (χ4v) is 3.01. The number of aliphatic hydroxyl groups excluding tert-OH is 1. The Morgan fingerprint density at radius 3 is 2.81 bits per heavy atom. The van der Waals surface area contributed by atoms with Crippen molar-refractivity contribution >= 4 is 16.9 Å². The molecule has 0 saturated carbocycles. The standard InChI is InChI=1S/C22H19N3O6/c1-13-9-20(27)30-18-10-15(7-8-16(13)18)29-12-19-24-22(31-25-19)21(28)23-11-17(26)14-5-3-2-4-6-14/h2-10,17,26H,11-12H2,1H3,(H,23,28)/t17-/m0/s1. The first-order valence-corrected chi connectivity index (χ1v) is 9.51. The van der Waals surface area contributed by atoms with Gasteiger partial charge in [0.2, 0.25) is 5.82 Å². The number of benzene rings is 2. The van der Waals surface area contributed by atoms with Gasteiger partial charge in [-0.2, -0.15) is 4.98 Å². The van der Waals surface area contributed by atoms with Crippen molar-refractivity contribution < 1.29 is 23.6 Å². The molecular formula is C22H19N3O6. The molecule has 0 saturated heterocycles. The van der Waals surface area contributed by atoms with Crippen LogP contribution < -0.4 is 15.7 Å². The molecule has 1 amide bonds. The van der Waals surface area contributed by atoms with E-state index in [2.05, 4.69) is 15.5 Å².